The third-order valence-electron chi connectivity index (χ3n) is 6.77. The summed E-state index contributed by atoms with van der Waals surface area (Å²) in [6.45, 7) is 6.63. The minimum absolute atomic E-state index is 0.0868. The number of thiocarbonyl (C=S) groups is 1. The Balaban J connectivity index is 1.48. The summed E-state index contributed by atoms with van der Waals surface area (Å²) in [7, 11) is 3.26. The van der Waals surface area contributed by atoms with Gasteiger partial charge in [0.05, 0.1) is 26.9 Å². The van der Waals surface area contributed by atoms with E-state index in [0.717, 1.165) is 47.9 Å². The predicted molar refractivity (Wildman–Crippen MR) is 147 cm³/mol. The number of aromatic nitrogens is 1. The van der Waals surface area contributed by atoms with Gasteiger partial charge in [0.15, 0.2) is 16.6 Å². The van der Waals surface area contributed by atoms with Crippen molar-refractivity contribution in [3.05, 3.63) is 69.0 Å². The van der Waals surface area contributed by atoms with Crippen LogP contribution >= 0.6 is 12.2 Å². The highest BCUT2D eigenvalue weighted by molar-refractivity contribution is 7.80. The monoisotopic (exact) mass is 509 g/mol. The van der Waals surface area contributed by atoms with Gasteiger partial charge in [-0.05, 0) is 97.7 Å². The van der Waals surface area contributed by atoms with E-state index in [1.54, 1.807) is 14.2 Å². The third-order valence-corrected chi connectivity index (χ3v) is 7.17. The summed E-state index contributed by atoms with van der Waals surface area (Å²) >= 11 is 5.79. The van der Waals surface area contributed by atoms with Crippen LogP contribution in [0.4, 0.5) is 0 Å². The molecule has 1 fully saturated rings. The Morgan fingerprint density at radius 1 is 1.14 bits per heavy atom. The van der Waals surface area contributed by atoms with Crippen LogP contribution < -0.4 is 20.3 Å². The molecule has 7 nitrogen and oxygen atoms in total. The predicted octanol–water partition coefficient (Wildman–Crippen LogP) is 4.26. The highest BCUT2D eigenvalue weighted by Crippen LogP contribution is 2.27. The fourth-order valence-corrected chi connectivity index (χ4v) is 4.80. The summed E-state index contributed by atoms with van der Waals surface area (Å²) < 4.78 is 16.6. The van der Waals surface area contributed by atoms with Crippen molar-refractivity contribution in [1.29, 1.82) is 0 Å². The largest absolute Gasteiger partial charge is 0.493 e. The second-order valence-electron chi connectivity index (χ2n) is 9.33. The van der Waals surface area contributed by atoms with Gasteiger partial charge < -0.3 is 29.4 Å². The number of pyridine rings is 1. The van der Waals surface area contributed by atoms with Crippen molar-refractivity contribution in [3.63, 3.8) is 0 Å². The molecule has 0 spiro atoms. The second kappa shape index (κ2) is 11.8. The number of rotatable bonds is 9. The number of hydrogen-bond acceptors (Lipinski definition) is 5. The highest BCUT2D eigenvalue weighted by Gasteiger charge is 2.22. The first-order valence-corrected chi connectivity index (χ1v) is 12.8. The lowest BCUT2D eigenvalue weighted by Gasteiger charge is -2.28. The Hall–Kier alpha value is -3.10. The normalized spacial score (nSPS) is 15.2. The van der Waals surface area contributed by atoms with E-state index in [2.05, 4.69) is 35.1 Å². The maximum atomic E-state index is 12.9. The number of H-pyrrole nitrogens is 1. The Bertz CT molecular complexity index is 1280. The molecule has 8 heteroatoms. The zero-order valence-corrected chi connectivity index (χ0v) is 22.3. The van der Waals surface area contributed by atoms with E-state index < -0.39 is 0 Å². The summed E-state index contributed by atoms with van der Waals surface area (Å²) in [5.41, 5.74) is 4.93. The smallest absolute Gasteiger partial charge is 0.253 e. The van der Waals surface area contributed by atoms with Gasteiger partial charge in [0, 0.05) is 30.8 Å². The number of benzene rings is 2. The van der Waals surface area contributed by atoms with Gasteiger partial charge in [-0.15, -0.1) is 0 Å². The summed E-state index contributed by atoms with van der Waals surface area (Å²) in [4.78, 5) is 18.0. The molecule has 1 aliphatic heterocycles. The molecule has 4 rings (SSSR count). The lowest BCUT2D eigenvalue weighted by Crippen LogP contribution is -2.44. The molecule has 1 atom stereocenters. The number of hydrogen-bond donors (Lipinski definition) is 2. The Labute approximate surface area is 217 Å². The van der Waals surface area contributed by atoms with Crippen molar-refractivity contribution in [1.82, 2.24) is 15.2 Å². The summed E-state index contributed by atoms with van der Waals surface area (Å²) in [5, 5.41) is 5.02. The number of nitrogens with zero attached hydrogens (tertiary/aromatic N) is 1. The number of aryl methyl sites for hydroxylation is 2. The number of methoxy groups -OCH3 is 2. The molecular weight excluding hydrogens is 474 g/mol. The Morgan fingerprint density at radius 3 is 2.64 bits per heavy atom. The fourth-order valence-electron chi connectivity index (χ4n) is 4.56. The van der Waals surface area contributed by atoms with Crippen LogP contribution in [-0.4, -0.2) is 55.0 Å². The van der Waals surface area contributed by atoms with Gasteiger partial charge in [-0.1, -0.05) is 6.07 Å². The van der Waals surface area contributed by atoms with E-state index in [-0.39, 0.29) is 11.7 Å². The minimum Gasteiger partial charge on any atom is -0.493 e. The van der Waals surface area contributed by atoms with Crippen molar-refractivity contribution in [3.8, 4) is 11.5 Å². The molecule has 3 aromatic rings. The zero-order valence-electron chi connectivity index (χ0n) is 21.5. The van der Waals surface area contributed by atoms with Gasteiger partial charge in [0.25, 0.3) is 5.56 Å². The van der Waals surface area contributed by atoms with Crippen LogP contribution in [0.5, 0.6) is 11.5 Å². The van der Waals surface area contributed by atoms with E-state index >= 15 is 0 Å². The van der Waals surface area contributed by atoms with Crippen LogP contribution in [0.2, 0.25) is 0 Å². The first kappa shape index (κ1) is 26.0. The van der Waals surface area contributed by atoms with Gasteiger partial charge in [-0.3, -0.25) is 4.79 Å². The first-order valence-electron chi connectivity index (χ1n) is 12.4. The number of ether oxygens (including phenoxy) is 3. The van der Waals surface area contributed by atoms with Crippen LogP contribution in [0.3, 0.4) is 0 Å². The molecule has 2 aromatic carbocycles. The second-order valence-corrected chi connectivity index (χ2v) is 9.72. The molecule has 2 heterocycles. The lowest BCUT2D eigenvalue weighted by atomic mass is 10.0. The molecular formula is C28H35N3O4S. The molecule has 0 saturated carbocycles. The van der Waals surface area contributed by atoms with Crippen LogP contribution in [0.15, 0.2) is 41.2 Å². The summed E-state index contributed by atoms with van der Waals surface area (Å²) in [6, 6.07) is 12.0. The van der Waals surface area contributed by atoms with Crippen LogP contribution in [-0.2, 0) is 17.7 Å². The zero-order chi connectivity index (χ0) is 25.7. The van der Waals surface area contributed by atoms with E-state index in [9.17, 15) is 4.79 Å². The average molecular weight is 510 g/mol. The average Bonchev–Trinajstić information content (AvgIpc) is 3.38. The fraction of sp³-hybridized carbons (Fsp3) is 0.429. The molecule has 0 radical (unpaired) electrons. The molecule has 1 aliphatic rings. The van der Waals surface area contributed by atoms with Crippen LogP contribution in [0.25, 0.3) is 10.9 Å². The first-order chi connectivity index (χ1) is 17.4. The van der Waals surface area contributed by atoms with E-state index in [1.807, 2.05) is 30.3 Å². The third kappa shape index (κ3) is 6.17. The van der Waals surface area contributed by atoms with Gasteiger partial charge in [0.1, 0.15) is 0 Å². The molecule has 1 aromatic heterocycles. The standard InChI is InChI=1S/C28H35N3O4S/c1-18-12-21-15-22(27(32)30-24(21)13-19(18)2)16-31(17-23-6-5-11-35-23)28(36)29-10-9-20-7-8-25(33-3)26(14-20)34-4/h7-8,12-15,23H,5-6,9-11,16-17H2,1-4H3,(H,29,36)(H,30,32)/t23-/m1/s1. The lowest BCUT2D eigenvalue weighted by molar-refractivity contribution is 0.0897. The van der Waals surface area contributed by atoms with Gasteiger partial charge in [0.2, 0.25) is 0 Å². The Kier molecular flexibility index (Phi) is 8.48. The van der Waals surface area contributed by atoms with Crippen molar-refractivity contribution in [2.24, 2.45) is 0 Å². The quantitative estimate of drug-likeness (QED) is 0.418. The molecule has 1 saturated heterocycles. The van der Waals surface area contributed by atoms with Crippen molar-refractivity contribution >= 4 is 28.2 Å². The van der Waals surface area contributed by atoms with Gasteiger partial charge >= 0.3 is 0 Å². The number of nitrogens with one attached hydrogen (secondary N) is 2. The van der Waals surface area contributed by atoms with Crippen LogP contribution in [0.1, 0.15) is 35.1 Å². The maximum absolute atomic E-state index is 12.9. The van der Waals surface area contributed by atoms with Crippen molar-refractivity contribution < 1.29 is 14.2 Å². The molecule has 0 aliphatic carbocycles. The van der Waals surface area contributed by atoms with E-state index in [4.69, 9.17) is 26.4 Å². The molecule has 0 bridgehead atoms. The van der Waals surface area contributed by atoms with E-state index in [0.29, 0.717) is 41.8 Å². The van der Waals surface area contributed by atoms with Crippen LogP contribution in [0, 0.1) is 13.8 Å². The van der Waals surface area contributed by atoms with Gasteiger partial charge in [-0.25, -0.2) is 0 Å². The SMILES string of the molecule is COc1ccc(CCNC(=S)N(Cc2cc3cc(C)c(C)cc3[nH]c2=O)C[C@H]2CCCO2)cc1OC. The van der Waals surface area contributed by atoms with E-state index in [1.165, 1.54) is 5.56 Å². The molecule has 2 N–H and O–H groups in total. The molecule has 192 valence electrons. The van der Waals surface area contributed by atoms with Gasteiger partial charge in [-0.2, -0.15) is 0 Å². The van der Waals surface area contributed by atoms with Crippen molar-refractivity contribution in [2.45, 2.75) is 45.8 Å². The van der Waals surface area contributed by atoms with Crippen molar-refractivity contribution in [2.75, 3.05) is 33.9 Å². The Morgan fingerprint density at radius 2 is 1.92 bits per heavy atom. The topological polar surface area (TPSA) is 75.8 Å². The molecule has 0 amide bonds. The maximum Gasteiger partial charge on any atom is 0.253 e. The minimum atomic E-state index is -0.0868. The summed E-state index contributed by atoms with van der Waals surface area (Å²) in [5.74, 6) is 1.41. The number of fused-ring (bicyclic) bond motifs is 1. The summed E-state index contributed by atoms with van der Waals surface area (Å²) in [6.07, 6.45) is 2.92. The molecule has 0 unspecified atom stereocenters. The molecule has 36 heavy (non-hydrogen) atoms. The number of aromatic amines is 1. The highest BCUT2D eigenvalue weighted by atomic mass is 32.1.